The van der Waals surface area contributed by atoms with Crippen molar-refractivity contribution >= 4 is 0 Å². The molecular formula is C8H15NO. The SMILES string of the molecule is NC1(O)CCC=CCCC1. The molecule has 3 N–H and O–H groups in total. The number of rotatable bonds is 0. The van der Waals surface area contributed by atoms with Crippen LogP contribution in [0.3, 0.4) is 0 Å². The fourth-order valence-corrected chi connectivity index (χ4v) is 1.22. The molecule has 0 fully saturated rings. The topological polar surface area (TPSA) is 46.2 Å². The maximum atomic E-state index is 9.42. The van der Waals surface area contributed by atoms with Gasteiger partial charge in [0.2, 0.25) is 0 Å². The molecule has 0 aliphatic heterocycles. The second-order valence-corrected chi connectivity index (χ2v) is 3.01. The molecular weight excluding hydrogens is 126 g/mol. The molecule has 0 bridgehead atoms. The molecule has 1 aliphatic carbocycles. The van der Waals surface area contributed by atoms with Crippen LogP contribution in [0.1, 0.15) is 32.1 Å². The van der Waals surface area contributed by atoms with E-state index in [4.69, 9.17) is 5.73 Å². The Kier molecular flexibility index (Phi) is 2.46. The van der Waals surface area contributed by atoms with Gasteiger partial charge in [-0.15, -0.1) is 0 Å². The Hall–Kier alpha value is -0.340. The first-order valence-electron chi connectivity index (χ1n) is 3.87. The van der Waals surface area contributed by atoms with Gasteiger partial charge in [0.1, 0.15) is 5.72 Å². The summed E-state index contributed by atoms with van der Waals surface area (Å²) >= 11 is 0. The molecule has 1 unspecified atom stereocenters. The van der Waals surface area contributed by atoms with E-state index in [-0.39, 0.29) is 0 Å². The van der Waals surface area contributed by atoms with Gasteiger partial charge in [-0.05, 0) is 32.1 Å². The van der Waals surface area contributed by atoms with Gasteiger partial charge in [-0.1, -0.05) is 12.2 Å². The van der Waals surface area contributed by atoms with Gasteiger partial charge < -0.3 is 10.8 Å². The van der Waals surface area contributed by atoms with Gasteiger partial charge in [-0.3, -0.25) is 0 Å². The smallest absolute Gasteiger partial charge is 0.113 e. The minimum absolute atomic E-state index is 0.698. The predicted octanol–water partition coefficient (Wildman–Crippen LogP) is 1.15. The van der Waals surface area contributed by atoms with E-state index in [1.165, 1.54) is 0 Å². The van der Waals surface area contributed by atoms with Crippen molar-refractivity contribution in [3.63, 3.8) is 0 Å². The maximum Gasteiger partial charge on any atom is 0.113 e. The quantitative estimate of drug-likeness (QED) is 0.392. The fraction of sp³-hybridized carbons (Fsp3) is 0.750. The van der Waals surface area contributed by atoms with E-state index < -0.39 is 5.72 Å². The van der Waals surface area contributed by atoms with E-state index in [9.17, 15) is 5.11 Å². The molecule has 0 aromatic rings. The number of nitrogens with two attached hydrogens (primary N) is 1. The van der Waals surface area contributed by atoms with Crippen LogP contribution in [-0.2, 0) is 0 Å². The standard InChI is InChI=1S/C8H15NO/c9-8(10)6-4-2-1-3-5-7-8/h1-2,10H,3-7,9H2. The predicted molar refractivity (Wildman–Crippen MR) is 41.4 cm³/mol. The minimum Gasteiger partial charge on any atom is -0.376 e. The van der Waals surface area contributed by atoms with Gasteiger partial charge in [0.25, 0.3) is 0 Å². The average Bonchev–Trinajstić information content (AvgIpc) is 1.81. The molecule has 10 heavy (non-hydrogen) atoms. The third-order valence-corrected chi connectivity index (χ3v) is 1.89. The summed E-state index contributed by atoms with van der Waals surface area (Å²) in [5, 5.41) is 9.42. The van der Waals surface area contributed by atoms with Crippen molar-refractivity contribution in [2.45, 2.75) is 37.8 Å². The number of hydrogen-bond donors (Lipinski definition) is 2. The van der Waals surface area contributed by atoms with Gasteiger partial charge >= 0.3 is 0 Å². The van der Waals surface area contributed by atoms with E-state index >= 15 is 0 Å². The van der Waals surface area contributed by atoms with Gasteiger partial charge in [0.05, 0.1) is 0 Å². The molecule has 0 aromatic carbocycles. The first kappa shape index (κ1) is 7.76. The first-order valence-corrected chi connectivity index (χ1v) is 3.87. The summed E-state index contributed by atoms with van der Waals surface area (Å²) in [6.07, 6.45) is 8.66. The van der Waals surface area contributed by atoms with Crippen LogP contribution in [-0.4, -0.2) is 10.8 Å². The van der Waals surface area contributed by atoms with Crippen molar-refractivity contribution in [2.24, 2.45) is 5.73 Å². The Morgan fingerprint density at radius 2 is 1.90 bits per heavy atom. The maximum absolute atomic E-state index is 9.42. The van der Waals surface area contributed by atoms with Crippen LogP contribution in [0.15, 0.2) is 12.2 Å². The molecule has 2 nitrogen and oxygen atoms in total. The van der Waals surface area contributed by atoms with E-state index in [2.05, 4.69) is 12.2 Å². The molecule has 0 saturated carbocycles. The molecule has 0 amide bonds. The third kappa shape index (κ3) is 2.50. The third-order valence-electron chi connectivity index (χ3n) is 1.89. The van der Waals surface area contributed by atoms with Crippen LogP contribution in [0, 0.1) is 0 Å². The zero-order chi connectivity index (χ0) is 7.45. The Labute approximate surface area is 61.7 Å². The largest absolute Gasteiger partial charge is 0.376 e. The van der Waals surface area contributed by atoms with Crippen LogP contribution in [0.5, 0.6) is 0 Å². The summed E-state index contributed by atoms with van der Waals surface area (Å²) < 4.78 is 0. The molecule has 1 aliphatic rings. The Balaban J connectivity index is 2.43. The highest BCUT2D eigenvalue weighted by atomic mass is 16.3. The summed E-state index contributed by atoms with van der Waals surface area (Å²) in [5.41, 5.74) is 4.67. The second-order valence-electron chi connectivity index (χ2n) is 3.01. The lowest BCUT2D eigenvalue weighted by Gasteiger charge is -2.23. The molecule has 2 heteroatoms. The van der Waals surface area contributed by atoms with Gasteiger partial charge in [0.15, 0.2) is 0 Å². The zero-order valence-corrected chi connectivity index (χ0v) is 6.21. The van der Waals surface area contributed by atoms with E-state index in [1.807, 2.05) is 0 Å². The molecule has 0 spiro atoms. The number of hydrogen-bond acceptors (Lipinski definition) is 2. The van der Waals surface area contributed by atoms with Crippen molar-refractivity contribution in [3.8, 4) is 0 Å². The second kappa shape index (κ2) is 3.17. The fourth-order valence-electron chi connectivity index (χ4n) is 1.22. The summed E-state index contributed by atoms with van der Waals surface area (Å²) in [6, 6.07) is 0. The Morgan fingerprint density at radius 1 is 1.20 bits per heavy atom. The molecule has 1 atom stereocenters. The summed E-state index contributed by atoms with van der Waals surface area (Å²) in [7, 11) is 0. The van der Waals surface area contributed by atoms with Crippen LogP contribution in [0.2, 0.25) is 0 Å². The Bertz CT molecular complexity index is 129. The summed E-state index contributed by atoms with van der Waals surface area (Å²) in [5.74, 6) is 0. The number of allylic oxidation sites excluding steroid dienone is 2. The van der Waals surface area contributed by atoms with E-state index in [0.29, 0.717) is 6.42 Å². The van der Waals surface area contributed by atoms with Crippen molar-refractivity contribution < 1.29 is 5.11 Å². The molecule has 58 valence electrons. The minimum atomic E-state index is -0.898. The molecule has 0 saturated heterocycles. The van der Waals surface area contributed by atoms with Gasteiger partial charge in [-0.2, -0.15) is 0 Å². The van der Waals surface area contributed by atoms with Gasteiger partial charge in [-0.25, -0.2) is 0 Å². The van der Waals surface area contributed by atoms with Crippen LogP contribution in [0.4, 0.5) is 0 Å². The monoisotopic (exact) mass is 141 g/mol. The van der Waals surface area contributed by atoms with Crippen LogP contribution >= 0.6 is 0 Å². The van der Waals surface area contributed by atoms with Crippen LogP contribution < -0.4 is 5.73 Å². The molecule has 0 heterocycles. The highest BCUT2D eigenvalue weighted by Crippen LogP contribution is 2.17. The lowest BCUT2D eigenvalue weighted by atomic mass is 9.98. The lowest BCUT2D eigenvalue weighted by molar-refractivity contribution is 0.0275. The Morgan fingerprint density at radius 3 is 2.70 bits per heavy atom. The van der Waals surface area contributed by atoms with E-state index in [0.717, 1.165) is 25.7 Å². The van der Waals surface area contributed by atoms with Crippen molar-refractivity contribution in [1.29, 1.82) is 0 Å². The van der Waals surface area contributed by atoms with Crippen LogP contribution in [0.25, 0.3) is 0 Å². The summed E-state index contributed by atoms with van der Waals surface area (Å²) in [6.45, 7) is 0. The highest BCUT2D eigenvalue weighted by Gasteiger charge is 2.19. The molecule has 1 rings (SSSR count). The lowest BCUT2D eigenvalue weighted by Crippen LogP contribution is -2.39. The van der Waals surface area contributed by atoms with E-state index in [1.54, 1.807) is 0 Å². The average molecular weight is 141 g/mol. The molecule has 0 radical (unpaired) electrons. The number of aliphatic hydroxyl groups is 1. The first-order chi connectivity index (χ1) is 4.71. The summed E-state index contributed by atoms with van der Waals surface area (Å²) in [4.78, 5) is 0. The normalized spacial score (nSPS) is 35.0. The van der Waals surface area contributed by atoms with Gasteiger partial charge in [0, 0.05) is 0 Å². The van der Waals surface area contributed by atoms with Crippen molar-refractivity contribution in [2.75, 3.05) is 0 Å². The van der Waals surface area contributed by atoms with Crippen molar-refractivity contribution in [3.05, 3.63) is 12.2 Å². The van der Waals surface area contributed by atoms with Crippen molar-refractivity contribution in [1.82, 2.24) is 0 Å². The zero-order valence-electron chi connectivity index (χ0n) is 6.21. The molecule has 0 aromatic heterocycles. The highest BCUT2D eigenvalue weighted by molar-refractivity contribution is 4.88.